The van der Waals surface area contributed by atoms with Gasteiger partial charge in [-0.2, -0.15) is 5.10 Å². The minimum atomic E-state index is -0.253. The van der Waals surface area contributed by atoms with Gasteiger partial charge in [-0.3, -0.25) is 14.7 Å². The number of nitrogens with zero attached hydrogens (tertiary/aromatic N) is 2. The highest BCUT2D eigenvalue weighted by atomic mass is 32.1. The molecule has 2 amide bonds. The number of rotatable bonds is 5. The molecule has 0 saturated heterocycles. The van der Waals surface area contributed by atoms with Crippen molar-refractivity contribution in [2.45, 2.75) is 13.3 Å². The molecule has 2 aromatic rings. The van der Waals surface area contributed by atoms with Crippen LogP contribution in [0.2, 0.25) is 0 Å². The number of amides is 2. The van der Waals surface area contributed by atoms with Crippen LogP contribution in [-0.4, -0.2) is 40.5 Å². The van der Waals surface area contributed by atoms with E-state index in [1.807, 2.05) is 18.4 Å². The van der Waals surface area contributed by atoms with E-state index < -0.39 is 0 Å². The minimum Gasteiger partial charge on any atom is -0.332 e. The summed E-state index contributed by atoms with van der Waals surface area (Å²) in [6, 6.07) is 3.55. The van der Waals surface area contributed by atoms with E-state index in [0.29, 0.717) is 10.7 Å². The zero-order valence-electron chi connectivity index (χ0n) is 11.3. The van der Waals surface area contributed by atoms with Gasteiger partial charge in [-0.15, -0.1) is 11.3 Å². The lowest BCUT2D eigenvalue weighted by molar-refractivity contribution is -0.116. The van der Waals surface area contributed by atoms with Crippen LogP contribution in [-0.2, 0) is 11.2 Å². The number of likely N-dealkylation sites (N-methyl/N-ethyl adjacent to an activating group) is 1. The van der Waals surface area contributed by atoms with Crippen LogP contribution in [0.25, 0.3) is 0 Å². The molecule has 0 aliphatic rings. The van der Waals surface area contributed by atoms with Crippen LogP contribution in [0.15, 0.2) is 23.7 Å². The van der Waals surface area contributed by atoms with Crippen LogP contribution in [0, 0.1) is 0 Å². The van der Waals surface area contributed by atoms with E-state index in [1.165, 1.54) is 16.2 Å². The Balaban J connectivity index is 1.93. The van der Waals surface area contributed by atoms with Gasteiger partial charge in [-0.25, -0.2) is 0 Å². The summed E-state index contributed by atoms with van der Waals surface area (Å²) >= 11 is 1.36. The second-order valence-electron chi connectivity index (χ2n) is 4.31. The molecule has 0 aromatic carbocycles. The predicted molar refractivity (Wildman–Crippen MR) is 77.9 cm³/mol. The molecule has 6 nitrogen and oxygen atoms in total. The highest BCUT2D eigenvalue weighted by Crippen LogP contribution is 2.13. The third-order valence-corrected chi connectivity index (χ3v) is 3.68. The van der Waals surface area contributed by atoms with Gasteiger partial charge in [-0.1, -0.05) is 13.0 Å². The third-order valence-electron chi connectivity index (χ3n) is 2.82. The maximum atomic E-state index is 12.0. The van der Waals surface area contributed by atoms with E-state index in [-0.39, 0.29) is 18.4 Å². The molecule has 0 atom stereocenters. The molecule has 0 aliphatic carbocycles. The standard InChI is InChI=1S/C13H16N4O2S/c1-3-9-7-14-16-12(9)15-11(18)8-17(2)13(19)10-5-4-6-20-10/h4-7H,3,8H2,1-2H3,(H2,14,15,16,18). The SMILES string of the molecule is CCc1cn[nH]c1NC(=O)CN(C)C(=O)c1cccs1. The number of aromatic amines is 1. The maximum Gasteiger partial charge on any atom is 0.264 e. The zero-order valence-corrected chi connectivity index (χ0v) is 12.2. The first kappa shape index (κ1) is 14.3. The number of hydrogen-bond donors (Lipinski definition) is 2. The van der Waals surface area contributed by atoms with Crippen LogP contribution in [0.5, 0.6) is 0 Å². The van der Waals surface area contributed by atoms with Crippen molar-refractivity contribution in [2.75, 3.05) is 18.9 Å². The molecule has 106 valence electrons. The Labute approximate surface area is 120 Å². The van der Waals surface area contributed by atoms with E-state index in [4.69, 9.17) is 0 Å². The van der Waals surface area contributed by atoms with Crippen LogP contribution in [0.3, 0.4) is 0 Å². The number of H-pyrrole nitrogens is 1. The minimum absolute atomic E-state index is 0.00108. The Hall–Kier alpha value is -2.15. The largest absolute Gasteiger partial charge is 0.332 e. The fourth-order valence-electron chi connectivity index (χ4n) is 1.74. The van der Waals surface area contributed by atoms with Crippen LogP contribution in [0.1, 0.15) is 22.2 Å². The number of carbonyl (C=O) groups is 2. The Bertz CT molecular complexity index is 591. The molecule has 0 bridgehead atoms. The second kappa shape index (κ2) is 6.33. The molecular formula is C13H16N4O2S. The lowest BCUT2D eigenvalue weighted by atomic mass is 10.2. The van der Waals surface area contributed by atoms with Crippen molar-refractivity contribution in [3.8, 4) is 0 Å². The van der Waals surface area contributed by atoms with Gasteiger partial charge in [0.25, 0.3) is 5.91 Å². The fraction of sp³-hybridized carbons (Fsp3) is 0.308. The lowest BCUT2D eigenvalue weighted by Crippen LogP contribution is -2.34. The van der Waals surface area contributed by atoms with E-state index in [0.717, 1.165) is 12.0 Å². The first-order valence-electron chi connectivity index (χ1n) is 6.23. The molecule has 2 N–H and O–H groups in total. The summed E-state index contributed by atoms with van der Waals surface area (Å²) in [6.45, 7) is 1.98. The third kappa shape index (κ3) is 3.24. The summed E-state index contributed by atoms with van der Waals surface area (Å²) in [7, 11) is 1.61. The number of nitrogens with one attached hydrogen (secondary N) is 2. The molecule has 0 spiro atoms. The van der Waals surface area contributed by atoms with Crippen molar-refractivity contribution < 1.29 is 9.59 Å². The smallest absolute Gasteiger partial charge is 0.264 e. The van der Waals surface area contributed by atoms with Crippen molar-refractivity contribution in [1.82, 2.24) is 15.1 Å². The number of aryl methyl sites for hydroxylation is 1. The molecule has 0 fully saturated rings. The van der Waals surface area contributed by atoms with Crippen molar-refractivity contribution in [3.05, 3.63) is 34.2 Å². The molecule has 2 heterocycles. The van der Waals surface area contributed by atoms with Gasteiger partial charge >= 0.3 is 0 Å². The average Bonchev–Trinajstić information content (AvgIpc) is 3.08. The van der Waals surface area contributed by atoms with Gasteiger partial charge < -0.3 is 10.2 Å². The molecular weight excluding hydrogens is 276 g/mol. The monoisotopic (exact) mass is 292 g/mol. The molecule has 2 aromatic heterocycles. The molecule has 7 heteroatoms. The van der Waals surface area contributed by atoms with E-state index in [9.17, 15) is 9.59 Å². The van der Waals surface area contributed by atoms with E-state index >= 15 is 0 Å². The second-order valence-corrected chi connectivity index (χ2v) is 5.26. The van der Waals surface area contributed by atoms with E-state index in [1.54, 1.807) is 19.3 Å². The van der Waals surface area contributed by atoms with Gasteiger partial charge in [0.2, 0.25) is 5.91 Å². The Morgan fingerprint density at radius 1 is 1.50 bits per heavy atom. The Kier molecular flexibility index (Phi) is 4.52. The first-order chi connectivity index (χ1) is 9.61. The van der Waals surface area contributed by atoms with Crippen molar-refractivity contribution in [1.29, 1.82) is 0 Å². The van der Waals surface area contributed by atoms with Crippen LogP contribution < -0.4 is 5.32 Å². The fourth-order valence-corrected chi connectivity index (χ4v) is 2.46. The number of hydrogen-bond acceptors (Lipinski definition) is 4. The van der Waals surface area contributed by atoms with E-state index in [2.05, 4.69) is 15.5 Å². The summed E-state index contributed by atoms with van der Waals surface area (Å²) in [5.74, 6) is 0.182. The van der Waals surface area contributed by atoms with Crippen molar-refractivity contribution in [3.63, 3.8) is 0 Å². The van der Waals surface area contributed by atoms with Crippen molar-refractivity contribution in [2.24, 2.45) is 0 Å². The predicted octanol–water partition coefficient (Wildman–Crippen LogP) is 1.74. The molecule has 0 saturated carbocycles. The summed E-state index contributed by atoms with van der Waals surface area (Å²) in [6.07, 6.45) is 2.45. The number of thiophene rings is 1. The van der Waals surface area contributed by atoms with Crippen molar-refractivity contribution >= 4 is 29.0 Å². The molecule has 0 unspecified atom stereocenters. The summed E-state index contributed by atoms with van der Waals surface area (Å²) in [4.78, 5) is 25.9. The molecule has 0 aliphatic heterocycles. The number of anilines is 1. The Morgan fingerprint density at radius 2 is 2.30 bits per heavy atom. The Morgan fingerprint density at radius 3 is 2.95 bits per heavy atom. The normalized spacial score (nSPS) is 10.3. The van der Waals surface area contributed by atoms with Gasteiger partial charge in [0.15, 0.2) is 0 Å². The lowest BCUT2D eigenvalue weighted by Gasteiger charge is -2.15. The summed E-state index contributed by atoms with van der Waals surface area (Å²) in [5, 5.41) is 11.2. The van der Waals surface area contributed by atoms with Crippen LogP contribution >= 0.6 is 11.3 Å². The van der Waals surface area contributed by atoms with Gasteiger partial charge in [-0.05, 0) is 17.9 Å². The highest BCUT2D eigenvalue weighted by Gasteiger charge is 2.16. The molecule has 0 radical (unpaired) electrons. The molecule has 2 rings (SSSR count). The average molecular weight is 292 g/mol. The topological polar surface area (TPSA) is 78.1 Å². The quantitative estimate of drug-likeness (QED) is 0.881. The van der Waals surface area contributed by atoms with Gasteiger partial charge in [0, 0.05) is 12.6 Å². The number of aromatic nitrogens is 2. The van der Waals surface area contributed by atoms with Gasteiger partial charge in [0.05, 0.1) is 17.6 Å². The first-order valence-corrected chi connectivity index (χ1v) is 7.10. The summed E-state index contributed by atoms with van der Waals surface area (Å²) in [5.41, 5.74) is 0.936. The maximum absolute atomic E-state index is 12.0. The zero-order chi connectivity index (χ0) is 14.5. The van der Waals surface area contributed by atoms with Gasteiger partial charge in [0.1, 0.15) is 5.82 Å². The molecule has 20 heavy (non-hydrogen) atoms. The summed E-state index contributed by atoms with van der Waals surface area (Å²) < 4.78 is 0. The highest BCUT2D eigenvalue weighted by molar-refractivity contribution is 7.12. The number of carbonyl (C=O) groups excluding carboxylic acids is 2. The van der Waals surface area contributed by atoms with Crippen LogP contribution in [0.4, 0.5) is 5.82 Å².